The maximum atomic E-state index is 12.6. The van der Waals surface area contributed by atoms with E-state index in [0.717, 1.165) is 25.1 Å². The van der Waals surface area contributed by atoms with Crippen LogP contribution in [0.2, 0.25) is 0 Å². The Labute approximate surface area is 143 Å². The first kappa shape index (κ1) is 17.0. The van der Waals surface area contributed by atoms with Gasteiger partial charge in [0.2, 0.25) is 11.8 Å². The molecule has 2 unspecified atom stereocenters. The maximum absolute atomic E-state index is 12.6. The molecule has 2 heterocycles. The van der Waals surface area contributed by atoms with Gasteiger partial charge in [0.25, 0.3) is 0 Å². The van der Waals surface area contributed by atoms with E-state index in [1.54, 1.807) is 4.90 Å². The summed E-state index contributed by atoms with van der Waals surface area (Å²) in [4.78, 5) is 26.5. The van der Waals surface area contributed by atoms with Crippen molar-refractivity contribution in [1.29, 1.82) is 0 Å². The lowest BCUT2D eigenvalue weighted by atomic mass is 9.99. The highest BCUT2D eigenvalue weighted by molar-refractivity contribution is 5.90. The second kappa shape index (κ2) is 7.79. The van der Waals surface area contributed by atoms with Crippen molar-refractivity contribution in [2.75, 3.05) is 19.6 Å². The van der Waals surface area contributed by atoms with Crippen molar-refractivity contribution in [1.82, 2.24) is 15.5 Å². The monoisotopic (exact) mass is 329 g/mol. The number of hydrogen-bond acceptors (Lipinski definition) is 3. The summed E-state index contributed by atoms with van der Waals surface area (Å²) in [5.74, 6) is 0.582. The largest absolute Gasteiger partial charge is 0.354 e. The minimum Gasteiger partial charge on any atom is -0.354 e. The van der Waals surface area contributed by atoms with Gasteiger partial charge in [0, 0.05) is 19.5 Å². The van der Waals surface area contributed by atoms with E-state index in [0.29, 0.717) is 31.8 Å². The molecule has 5 heteroatoms. The first-order valence-corrected chi connectivity index (χ1v) is 8.97. The van der Waals surface area contributed by atoms with Crippen LogP contribution in [0.3, 0.4) is 0 Å². The zero-order valence-corrected chi connectivity index (χ0v) is 14.4. The first-order chi connectivity index (χ1) is 11.6. The van der Waals surface area contributed by atoms with Gasteiger partial charge in [-0.3, -0.25) is 9.59 Å². The third kappa shape index (κ3) is 4.15. The minimum absolute atomic E-state index is 0.00136. The van der Waals surface area contributed by atoms with Crippen LogP contribution in [0.15, 0.2) is 24.3 Å². The zero-order valence-electron chi connectivity index (χ0n) is 14.4. The lowest BCUT2D eigenvalue weighted by molar-refractivity contribution is -0.135. The molecule has 3 rings (SSSR count). The van der Waals surface area contributed by atoms with E-state index in [9.17, 15) is 9.59 Å². The fraction of sp³-hybridized carbons (Fsp3) is 0.579. The number of carbonyl (C=O) groups excluding carboxylic acids is 2. The van der Waals surface area contributed by atoms with E-state index < -0.39 is 0 Å². The van der Waals surface area contributed by atoms with Gasteiger partial charge in [0.05, 0.1) is 0 Å². The number of nitrogens with one attached hydrogen (secondary N) is 2. The van der Waals surface area contributed by atoms with Crippen molar-refractivity contribution in [3.05, 3.63) is 35.4 Å². The van der Waals surface area contributed by atoms with E-state index >= 15 is 0 Å². The quantitative estimate of drug-likeness (QED) is 0.863. The molecule has 2 N–H and O–H groups in total. The number of nitrogens with zero attached hydrogens (tertiary/aromatic N) is 1. The van der Waals surface area contributed by atoms with Gasteiger partial charge in [0.1, 0.15) is 6.04 Å². The lowest BCUT2D eigenvalue weighted by Crippen LogP contribution is -2.46. The van der Waals surface area contributed by atoms with Crippen LogP contribution in [-0.4, -0.2) is 42.4 Å². The van der Waals surface area contributed by atoms with Gasteiger partial charge < -0.3 is 15.5 Å². The van der Waals surface area contributed by atoms with E-state index in [1.807, 2.05) is 31.2 Å². The summed E-state index contributed by atoms with van der Waals surface area (Å²) in [6, 6.07) is 7.82. The number of amides is 2. The molecule has 0 aromatic heterocycles. The van der Waals surface area contributed by atoms with Crippen LogP contribution < -0.4 is 10.6 Å². The van der Waals surface area contributed by atoms with Crippen molar-refractivity contribution in [3.63, 3.8) is 0 Å². The van der Waals surface area contributed by atoms with Gasteiger partial charge in [-0.2, -0.15) is 0 Å². The Balaban J connectivity index is 1.57. The normalized spacial score (nSPS) is 24.2. The fourth-order valence-corrected chi connectivity index (χ4v) is 3.56. The average Bonchev–Trinajstić information content (AvgIpc) is 2.96. The number of hydrogen-bond donors (Lipinski definition) is 2. The lowest BCUT2D eigenvalue weighted by Gasteiger charge is -2.27. The number of carbonyl (C=O) groups is 2. The van der Waals surface area contributed by atoms with E-state index in [1.165, 1.54) is 12.0 Å². The summed E-state index contributed by atoms with van der Waals surface area (Å²) in [5, 5.41) is 6.43. The van der Waals surface area contributed by atoms with Crippen LogP contribution in [0, 0.1) is 12.8 Å². The average molecular weight is 329 g/mol. The molecule has 1 aromatic rings. The predicted octanol–water partition coefficient (Wildman–Crippen LogP) is 1.60. The Kier molecular flexibility index (Phi) is 5.51. The summed E-state index contributed by atoms with van der Waals surface area (Å²) in [7, 11) is 0. The molecular formula is C19H27N3O2. The van der Waals surface area contributed by atoms with Crippen LogP contribution in [0.1, 0.15) is 36.8 Å². The van der Waals surface area contributed by atoms with Gasteiger partial charge in [-0.1, -0.05) is 29.8 Å². The summed E-state index contributed by atoms with van der Waals surface area (Å²) in [5.41, 5.74) is 2.27. The molecule has 2 aliphatic rings. The Bertz CT molecular complexity index is 579. The predicted molar refractivity (Wildman–Crippen MR) is 93.4 cm³/mol. The highest BCUT2D eigenvalue weighted by Gasteiger charge is 2.36. The molecule has 1 aromatic carbocycles. The molecule has 130 valence electrons. The van der Waals surface area contributed by atoms with Crippen molar-refractivity contribution >= 4 is 11.8 Å². The number of benzene rings is 1. The molecule has 2 aliphatic heterocycles. The van der Waals surface area contributed by atoms with Gasteiger partial charge >= 0.3 is 0 Å². The second-order valence-corrected chi connectivity index (χ2v) is 7.02. The van der Waals surface area contributed by atoms with Crippen molar-refractivity contribution < 1.29 is 9.59 Å². The summed E-state index contributed by atoms with van der Waals surface area (Å²) >= 11 is 0. The molecule has 0 radical (unpaired) electrons. The van der Waals surface area contributed by atoms with E-state index in [4.69, 9.17) is 0 Å². The minimum atomic E-state index is -0.324. The maximum Gasteiger partial charge on any atom is 0.242 e. The number of rotatable bonds is 5. The highest BCUT2D eigenvalue weighted by Crippen LogP contribution is 2.22. The molecule has 2 atom stereocenters. The van der Waals surface area contributed by atoms with Crippen LogP contribution in [0.5, 0.6) is 0 Å². The highest BCUT2D eigenvalue weighted by atomic mass is 16.2. The van der Waals surface area contributed by atoms with Crippen molar-refractivity contribution in [3.8, 4) is 0 Å². The third-order valence-corrected chi connectivity index (χ3v) is 5.07. The third-order valence-electron chi connectivity index (χ3n) is 5.07. The molecule has 0 aliphatic carbocycles. The van der Waals surface area contributed by atoms with Crippen LogP contribution in [-0.2, 0) is 16.1 Å². The van der Waals surface area contributed by atoms with Crippen LogP contribution in [0.4, 0.5) is 0 Å². The SMILES string of the molecule is Cc1ccc(CN2C(=O)CCC2C(=O)NCC2CCCNC2)cc1. The molecular weight excluding hydrogens is 302 g/mol. The topological polar surface area (TPSA) is 61.4 Å². The Morgan fingerprint density at radius 3 is 2.79 bits per heavy atom. The Hall–Kier alpha value is -1.88. The van der Waals surface area contributed by atoms with Crippen LogP contribution in [0.25, 0.3) is 0 Å². The van der Waals surface area contributed by atoms with E-state index in [-0.39, 0.29) is 17.9 Å². The second-order valence-electron chi connectivity index (χ2n) is 7.02. The first-order valence-electron chi connectivity index (χ1n) is 8.97. The van der Waals surface area contributed by atoms with E-state index in [2.05, 4.69) is 10.6 Å². The molecule has 5 nitrogen and oxygen atoms in total. The Morgan fingerprint density at radius 1 is 1.29 bits per heavy atom. The summed E-state index contributed by atoms with van der Waals surface area (Å²) < 4.78 is 0. The summed E-state index contributed by atoms with van der Waals surface area (Å²) in [6.07, 6.45) is 3.42. The van der Waals surface area contributed by atoms with Gasteiger partial charge in [-0.05, 0) is 50.8 Å². The number of piperidine rings is 1. The number of aryl methyl sites for hydroxylation is 1. The molecule has 2 amide bonds. The zero-order chi connectivity index (χ0) is 16.9. The molecule has 24 heavy (non-hydrogen) atoms. The molecule has 2 saturated heterocycles. The molecule has 0 bridgehead atoms. The standard InChI is InChI=1S/C19H27N3O2/c1-14-4-6-15(7-5-14)13-22-17(8-9-18(22)23)19(24)21-12-16-3-2-10-20-11-16/h4-7,16-17,20H,2-3,8-13H2,1H3,(H,21,24). The van der Waals surface area contributed by atoms with Gasteiger partial charge in [0.15, 0.2) is 0 Å². The van der Waals surface area contributed by atoms with Crippen LogP contribution >= 0.6 is 0 Å². The molecule has 0 spiro atoms. The van der Waals surface area contributed by atoms with Gasteiger partial charge in [-0.25, -0.2) is 0 Å². The molecule has 2 fully saturated rings. The number of likely N-dealkylation sites (tertiary alicyclic amines) is 1. The Morgan fingerprint density at radius 2 is 2.08 bits per heavy atom. The van der Waals surface area contributed by atoms with Crippen molar-refractivity contribution in [2.24, 2.45) is 5.92 Å². The molecule has 0 saturated carbocycles. The van der Waals surface area contributed by atoms with Gasteiger partial charge in [-0.15, -0.1) is 0 Å². The summed E-state index contributed by atoms with van der Waals surface area (Å²) in [6.45, 7) is 5.31. The smallest absolute Gasteiger partial charge is 0.242 e. The van der Waals surface area contributed by atoms with Crippen molar-refractivity contribution in [2.45, 2.75) is 45.2 Å². The fourth-order valence-electron chi connectivity index (χ4n) is 3.56.